The van der Waals surface area contributed by atoms with Crippen molar-refractivity contribution in [1.82, 2.24) is 5.32 Å². The Morgan fingerprint density at radius 2 is 2.15 bits per heavy atom. The fourth-order valence-electron chi connectivity index (χ4n) is 2.20. The van der Waals surface area contributed by atoms with Crippen molar-refractivity contribution in [1.29, 1.82) is 0 Å². The van der Waals surface area contributed by atoms with Crippen LogP contribution in [0.25, 0.3) is 0 Å². The lowest BCUT2D eigenvalue weighted by Gasteiger charge is -2.15. The Labute approximate surface area is 127 Å². The first kappa shape index (κ1) is 17.1. The van der Waals surface area contributed by atoms with Crippen molar-refractivity contribution in [3.05, 3.63) is 38.3 Å². The van der Waals surface area contributed by atoms with Crippen LogP contribution in [0.15, 0.2) is 22.7 Å². The zero-order valence-electron chi connectivity index (χ0n) is 11.6. The molecule has 0 aliphatic rings. The smallest absolute Gasteiger partial charge is 0.270 e. The van der Waals surface area contributed by atoms with Crippen molar-refractivity contribution in [2.75, 3.05) is 13.2 Å². The second-order valence-electron chi connectivity index (χ2n) is 4.87. The molecule has 6 heteroatoms. The molecule has 1 aromatic carbocycles. The highest BCUT2D eigenvalue weighted by atomic mass is 79.9. The minimum atomic E-state index is -0.389. The van der Waals surface area contributed by atoms with Gasteiger partial charge in [0.25, 0.3) is 5.69 Å². The Morgan fingerprint density at radius 3 is 2.75 bits per heavy atom. The summed E-state index contributed by atoms with van der Waals surface area (Å²) >= 11 is 3.29. The van der Waals surface area contributed by atoms with Crippen molar-refractivity contribution >= 4 is 21.6 Å². The fourth-order valence-corrected chi connectivity index (χ4v) is 2.73. The van der Waals surface area contributed by atoms with E-state index in [4.69, 9.17) is 5.11 Å². The molecular weight excluding hydrogens is 324 g/mol. The summed E-state index contributed by atoms with van der Waals surface area (Å²) in [5.74, 6) is 0.451. The maximum atomic E-state index is 10.8. The number of aliphatic hydroxyl groups excluding tert-OH is 1. The molecule has 0 aliphatic carbocycles. The largest absolute Gasteiger partial charge is 0.396 e. The van der Waals surface area contributed by atoms with Gasteiger partial charge in [-0.15, -0.1) is 0 Å². The van der Waals surface area contributed by atoms with Gasteiger partial charge < -0.3 is 10.4 Å². The molecule has 1 atom stereocenters. The molecule has 0 radical (unpaired) electrons. The summed E-state index contributed by atoms with van der Waals surface area (Å²) in [5, 5.41) is 23.1. The number of non-ortho nitro benzene ring substituents is 1. The highest BCUT2D eigenvalue weighted by molar-refractivity contribution is 9.10. The van der Waals surface area contributed by atoms with Gasteiger partial charge in [-0.1, -0.05) is 29.3 Å². The van der Waals surface area contributed by atoms with Crippen LogP contribution in [0.4, 0.5) is 5.69 Å². The van der Waals surface area contributed by atoms with E-state index in [2.05, 4.69) is 28.2 Å². The average molecular weight is 345 g/mol. The van der Waals surface area contributed by atoms with Crippen LogP contribution in [0, 0.1) is 16.0 Å². The zero-order valence-corrected chi connectivity index (χ0v) is 13.2. The van der Waals surface area contributed by atoms with Gasteiger partial charge in [-0.3, -0.25) is 10.1 Å². The molecule has 0 bridgehead atoms. The summed E-state index contributed by atoms with van der Waals surface area (Å²) in [6.07, 6.45) is 2.96. The van der Waals surface area contributed by atoms with Crippen molar-refractivity contribution in [2.24, 2.45) is 5.92 Å². The van der Waals surface area contributed by atoms with E-state index in [-0.39, 0.29) is 17.2 Å². The van der Waals surface area contributed by atoms with Crippen molar-refractivity contribution in [3.63, 3.8) is 0 Å². The molecule has 5 nitrogen and oxygen atoms in total. The molecular formula is C14H21BrN2O3. The van der Waals surface area contributed by atoms with Gasteiger partial charge >= 0.3 is 0 Å². The van der Waals surface area contributed by atoms with Crippen LogP contribution in [0.2, 0.25) is 0 Å². The number of hydrogen-bond acceptors (Lipinski definition) is 4. The number of benzene rings is 1. The van der Waals surface area contributed by atoms with Gasteiger partial charge in [-0.2, -0.15) is 0 Å². The van der Waals surface area contributed by atoms with E-state index in [1.165, 1.54) is 6.07 Å². The number of hydrogen-bond donors (Lipinski definition) is 2. The van der Waals surface area contributed by atoms with Crippen molar-refractivity contribution in [2.45, 2.75) is 32.7 Å². The van der Waals surface area contributed by atoms with Gasteiger partial charge in [-0.05, 0) is 36.9 Å². The molecule has 0 aromatic heterocycles. The minimum absolute atomic E-state index is 0.0941. The Balaban J connectivity index is 2.54. The van der Waals surface area contributed by atoms with Crippen LogP contribution in [-0.2, 0) is 6.54 Å². The molecule has 2 N–H and O–H groups in total. The molecule has 0 heterocycles. The van der Waals surface area contributed by atoms with Crippen LogP contribution in [0.5, 0.6) is 0 Å². The molecule has 0 saturated carbocycles. The Kier molecular flexibility index (Phi) is 7.72. The van der Waals surface area contributed by atoms with Gasteiger partial charge in [-0.25, -0.2) is 0 Å². The minimum Gasteiger partial charge on any atom is -0.396 e. The molecule has 1 unspecified atom stereocenters. The summed E-state index contributed by atoms with van der Waals surface area (Å²) in [7, 11) is 0. The number of nitro benzene ring substituents is 1. The lowest BCUT2D eigenvalue weighted by Crippen LogP contribution is -2.23. The molecule has 20 heavy (non-hydrogen) atoms. The second kappa shape index (κ2) is 9.05. The third kappa shape index (κ3) is 5.98. The fraction of sp³-hybridized carbons (Fsp3) is 0.571. The number of nitrogens with zero attached hydrogens (tertiary/aromatic N) is 1. The Bertz CT molecular complexity index is 434. The van der Waals surface area contributed by atoms with E-state index >= 15 is 0 Å². The molecule has 0 aliphatic heterocycles. The lowest BCUT2D eigenvalue weighted by molar-refractivity contribution is -0.385. The molecule has 1 rings (SSSR count). The average Bonchev–Trinajstić information content (AvgIpc) is 2.38. The summed E-state index contributed by atoms with van der Waals surface area (Å²) in [6, 6.07) is 4.95. The first-order chi connectivity index (χ1) is 9.56. The highest BCUT2D eigenvalue weighted by Crippen LogP contribution is 2.21. The number of halogens is 1. The molecule has 0 saturated heterocycles. The first-order valence-electron chi connectivity index (χ1n) is 6.82. The zero-order chi connectivity index (χ0) is 15.0. The van der Waals surface area contributed by atoms with Crippen molar-refractivity contribution in [3.8, 4) is 0 Å². The van der Waals surface area contributed by atoms with Gasteiger partial charge in [0.1, 0.15) is 0 Å². The van der Waals surface area contributed by atoms with Gasteiger partial charge in [0, 0.05) is 29.8 Å². The number of rotatable bonds is 9. The van der Waals surface area contributed by atoms with E-state index in [0.29, 0.717) is 16.9 Å². The van der Waals surface area contributed by atoms with E-state index in [1.54, 1.807) is 6.07 Å². The SMILES string of the molecule is CCCC(CCO)CNCc1cc(Br)cc([N+](=O)[O-])c1. The predicted octanol–water partition coefficient (Wildman–Crippen LogP) is 3.25. The van der Waals surface area contributed by atoms with Crippen LogP contribution in [0.1, 0.15) is 31.7 Å². The van der Waals surface area contributed by atoms with Gasteiger partial charge in [0.05, 0.1) is 4.92 Å². The molecule has 0 spiro atoms. The summed E-state index contributed by atoms with van der Waals surface area (Å²) in [4.78, 5) is 10.4. The van der Waals surface area contributed by atoms with Crippen LogP contribution < -0.4 is 5.32 Å². The topological polar surface area (TPSA) is 75.4 Å². The van der Waals surface area contributed by atoms with Crippen molar-refractivity contribution < 1.29 is 10.0 Å². The quantitative estimate of drug-likeness (QED) is 0.532. The molecule has 0 fully saturated rings. The van der Waals surface area contributed by atoms with Crippen LogP contribution >= 0.6 is 15.9 Å². The molecule has 0 amide bonds. The second-order valence-corrected chi connectivity index (χ2v) is 5.79. The molecule has 1 aromatic rings. The van der Waals surface area contributed by atoms with E-state index in [9.17, 15) is 10.1 Å². The number of nitrogens with one attached hydrogen (secondary N) is 1. The van der Waals surface area contributed by atoms with E-state index in [1.807, 2.05) is 6.07 Å². The maximum Gasteiger partial charge on any atom is 0.270 e. The third-order valence-corrected chi connectivity index (χ3v) is 3.61. The third-order valence-electron chi connectivity index (χ3n) is 3.15. The standard InChI is InChI=1S/C14H21BrN2O3/c1-2-3-11(4-5-18)9-16-10-12-6-13(15)8-14(7-12)17(19)20/h6-8,11,16,18H,2-5,9-10H2,1H3. The summed E-state index contributed by atoms with van der Waals surface area (Å²) in [6.45, 7) is 3.73. The highest BCUT2D eigenvalue weighted by Gasteiger charge is 2.10. The number of nitro groups is 1. The lowest BCUT2D eigenvalue weighted by atomic mass is 10.0. The van der Waals surface area contributed by atoms with E-state index < -0.39 is 0 Å². The number of aliphatic hydroxyl groups is 1. The first-order valence-corrected chi connectivity index (χ1v) is 7.61. The van der Waals surface area contributed by atoms with Gasteiger partial charge in [0.2, 0.25) is 0 Å². The van der Waals surface area contributed by atoms with E-state index in [0.717, 1.165) is 31.4 Å². The van der Waals surface area contributed by atoms with Gasteiger partial charge in [0.15, 0.2) is 0 Å². The monoisotopic (exact) mass is 344 g/mol. The normalized spacial score (nSPS) is 12.3. The molecule has 112 valence electrons. The maximum absolute atomic E-state index is 10.8. The Hall–Kier alpha value is -0.980. The van der Waals surface area contributed by atoms with Crippen LogP contribution in [0.3, 0.4) is 0 Å². The summed E-state index contributed by atoms with van der Waals surface area (Å²) < 4.78 is 0.712. The van der Waals surface area contributed by atoms with Crippen LogP contribution in [-0.4, -0.2) is 23.2 Å². The Morgan fingerprint density at radius 1 is 1.40 bits per heavy atom. The predicted molar refractivity (Wildman–Crippen MR) is 82.6 cm³/mol. The summed E-state index contributed by atoms with van der Waals surface area (Å²) in [5.41, 5.74) is 0.974.